The summed E-state index contributed by atoms with van der Waals surface area (Å²) >= 11 is 0. The van der Waals surface area contributed by atoms with Gasteiger partial charge in [0, 0.05) is 18.1 Å². The standard InChI is InChI=1S/C11H23NO/c1-5-6-7-13-10-8-9(12-4)11(10,2)3/h9-10,12H,5-8H2,1-4H3/t9-,10+/m1/s1. The van der Waals surface area contributed by atoms with Crippen molar-refractivity contribution in [1.82, 2.24) is 5.32 Å². The zero-order valence-electron chi connectivity index (χ0n) is 9.39. The maximum absolute atomic E-state index is 5.83. The number of unbranched alkanes of at least 4 members (excludes halogenated alkanes) is 1. The second kappa shape index (κ2) is 4.43. The van der Waals surface area contributed by atoms with E-state index in [1.807, 2.05) is 7.05 Å². The van der Waals surface area contributed by atoms with Crippen molar-refractivity contribution in [3.05, 3.63) is 0 Å². The lowest BCUT2D eigenvalue weighted by Crippen LogP contribution is -2.60. The minimum atomic E-state index is 0.322. The molecular weight excluding hydrogens is 162 g/mol. The summed E-state index contributed by atoms with van der Waals surface area (Å²) in [6.45, 7) is 7.70. The Bertz CT molecular complexity index is 156. The average molecular weight is 185 g/mol. The second-order valence-electron chi connectivity index (χ2n) is 4.61. The van der Waals surface area contributed by atoms with Crippen molar-refractivity contribution in [2.45, 2.75) is 52.2 Å². The molecule has 1 aliphatic carbocycles. The molecule has 1 fully saturated rings. The molecular formula is C11H23NO. The Kier molecular flexibility index (Phi) is 3.74. The molecule has 0 aromatic heterocycles. The molecule has 0 aromatic rings. The Morgan fingerprint density at radius 3 is 2.62 bits per heavy atom. The third kappa shape index (κ3) is 2.23. The van der Waals surface area contributed by atoms with Crippen LogP contribution in [0.3, 0.4) is 0 Å². The Hall–Kier alpha value is -0.0800. The minimum Gasteiger partial charge on any atom is -0.378 e. The van der Waals surface area contributed by atoms with Gasteiger partial charge in [0.25, 0.3) is 0 Å². The van der Waals surface area contributed by atoms with Crippen molar-refractivity contribution < 1.29 is 4.74 Å². The van der Waals surface area contributed by atoms with Gasteiger partial charge in [0.1, 0.15) is 0 Å². The molecule has 13 heavy (non-hydrogen) atoms. The van der Waals surface area contributed by atoms with E-state index in [0.717, 1.165) is 6.61 Å². The molecule has 0 saturated heterocycles. The van der Waals surface area contributed by atoms with Gasteiger partial charge in [-0.3, -0.25) is 0 Å². The van der Waals surface area contributed by atoms with Crippen molar-refractivity contribution in [2.75, 3.05) is 13.7 Å². The van der Waals surface area contributed by atoms with Gasteiger partial charge in [-0.05, 0) is 19.9 Å². The van der Waals surface area contributed by atoms with E-state index in [2.05, 4.69) is 26.1 Å². The van der Waals surface area contributed by atoms with Gasteiger partial charge in [0.05, 0.1) is 6.10 Å². The highest BCUT2D eigenvalue weighted by Gasteiger charge is 2.47. The van der Waals surface area contributed by atoms with Gasteiger partial charge in [0.2, 0.25) is 0 Å². The van der Waals surface area contributed by atoms with Crippen LogP contribution in [0.5, 0.6) is 0 Å². The molecule has 2 heteroatoms. The molecule has 0 aliphatic heterocycles. The molecule has 0 aromatic carbocycles. The van der Waals surface area contributed by atoms with E-state index in [0.29, 0.717) is 17.6 Å². The molecule has 2 atom stereocenters. The van der Waals surface area contributed by atoms with Crippen LogP contribution in [0.2, 0.25) is 0 Å². The van der Waals surface area contributed by atoms with E-state index in [9.17, 15) is 0 Å². The fourth-order valence-corrected chi connectivity index (χ4v) is 2.03. The predicted octanol–water partition coefficient (Wildman–Crippen LogP) is 2.19. The highest BCUT2D eigenvalue weighted by Crippen LogP contribution is 2.42. The molecule has 0 bridgehead atoms. The summed E-state index contributed by atoms with van der Waals surface area (Å²) in [7, 11) is 2.04. The highest BCUT2D eigenvalue weighted by atomic mass is 16.5. The summed E-state index contributed by atoms with van der Waals surface area (Å²) in [6.07, 6.45) is 4.06. The van der Waals surface area contributed by atoms with Gasteiger partial charge in [-0.2, -0.15) is 0 Å². The largest absolute Gasteiger partial charge is 0.378 e. The first-order valence-electron chi connectivity index (χ1n) is 5.41. The lowest BCUT2D eigenvalue weighted by molar-refractivity contribution is -0.116. The molecule has 1 aliphatic rings. The number of hydrogen-bond donors (Lipinski definition) is 1. The quantitative estimate of drug-likeness (QED) is 0.663. The van der Waals surface area contributed by atoms with Gasteiger partial charge in [0.15, 0.2) is 0 Å². The summed E-state index contributed by atoms with van der Waals surface area (Å²) in [5.74, 6) is 0. The van der Waals surface area contributed by atoms with Crippen molar-refractivity contribution in [3.8, 4) is 0 Å². The molecule has 1 rings (SSSR count). The fourth-order valence-electron chi connectivity index (χ4n) is 2.03. The summed E-state index contributed by atoms with van der Waals surface area (Å²) < 4.78 is 5.83. The molecule has 1 N–H and O–H groups in total. The molecule has 1 saturated carbocycles. The first-order chi connectivity index (χ1) is 6.12. The molecule has 0 heterocycles. The van der Waals surface area contributed by atoms with Crippen molar-refractivity contribution >= 4 is 0 Å². The number of nitrogens with one attached hydrogen (secondary N) is 1. The highest BCUT2D eigenvalue weighted by molar-refractivity contribution is 5.02. The number of rotatable bonds is 5. The smallest absolute Gasteiger partial charge is 0.0655 e. The summed E-state index contributed by atoms with van der Waals surface area (Å²) in [4.78, 5) is 0. The topological polar surface area (TPSA) is 21.3 Å². The van der Waals surface area contributed by atoms with Gasteiger partial charge >= 0.3 is 0 Å². The normalized spacial score (nSPS) is 31.4. The van der Waals surface area contributed by atoms with Crippen LogP contribution in [0, 0.1) is 5.41 Å². The van der Waals surface area contributed by atoms with Gasteiger partial charge in [-0.1, -0.05) is 27.2 Å². The zero-order chi connectivity index (χ0) is 9.90. The zero-order valence-corrected chi connectivity index (χ0v) is 9.39. The van der Waals surface area contributed by atoms with Gasteiger partial charge in [-0.25, -0.2) is 0 Å². The van der Waals surface area contributed by atoms with Crippen molar-refractivity contribution in [2.24, 2.45) is 5.41 Å². The van der Waals surface area contributed by atoms with E-state index in [1.54, 1.807) is 0 Å². The molecule has 0 unspecified atom stereocenters. The summed E-state index contributed by atoms with van der Waals surface area (Å²) in [5.41, 5.74) is 0.322. The van der Waals surface area contributed by atoms with Gasteiger partial charge in [-0.15, -0.1) is 0 Å². The van der Waals surface area contributed by atoms with E-state index in [1.165, 1.54) is 19.3 Å². The fraction of sp³-hybridized carbons (Fsp3) is 1.00. The summed E-state index contributed by atoms with van der Waals surface area (Å²) in [5, 5.41) is 3.33. The minimum absolute atomic E-state index is 0.322. The Labute approximate surface area is 82.0 Å². The van der Waals surface area contributed by atoms with E-state index in [4.69, 9.17) is 4.74 Å². The van der Waals surface area contributed by atoms with Crippen LogP contribution in [-0.4, -0.2) is 25.8 Å². The van der Waals surface area contributed by atoms with Crippen LogP contribution < -0.4 is 5.32 Å². The SMILES string of the molecule is CCCCO[C@H]1C[C@@H](NC)C1(C)C. The average Bonchev–Trinajstić information content (AvgIpc) is 2.10. The molecule has 78 valence electrons. The van der Waals surface area contributed by atoms with Crippen LogP contribution >= 0.6 is 0 Å². The first-order valence-corrected chi connectivity index (χ1v) is 5.41. The third-order valence-electron chi connectivity index (χ3n) is 3.34. The van der Waals surface area contributed by atoms with Crippen LogP contribution in [0.4, 0.5) is 0 Å². The lowest BCUT2D eigenvalue weighted by atomic mass is 9.64. The Morgan fingerprint density at radius 2 is 2.15 bits per heavy atom. The molecule has 2 nitrogen and oxygen atoms in total. The Balaban J connectivity index is 2.23. The van der Waals surface area contributed by atoms with Crippen LogP contribution in [0.15, 0.2) is 0 Å². The molecule has 0 amide bonds. The summed E-state index contributed by atoms with van der Waals surface area (Å²) in [6, 6.07) is 0.638. The van der Waals surface area contributed by atoms with E-state index in [-0.39, 0.29) is 0 Å². The third-order valence-corrected chi connectivity index (χ3v) is 3.34. The molecule has 0 spiro atoms. The van der Waals surface area contributed by atoms with Crippen LogP contribution in [-0.2, 0) is 4.74 Å². The predicted molar refractivity (Wildman–Crippen MR) is 55.9 cm³/mol. The van der Waals surface area contributed by atoms with Gasteiger partial charge < -0.3 is 10.1 Å². The van der Waals surface area contributed by atoms with Crippen LogP contribution in [0.1, 0.15) is 40.0 Å². The van der Waals surface area contributed by atoms with Crippen molar-refractivity contribution in [1.29, 1.82) is 0 Å². The van der Waals surface area contributed by atoms with Crippen molar-refractivity contribution in [3.63, 3.8) is 0 Å². The maximum Gasteiger partial charge on any atom is 0.0655 e. The van der Waals surface area contributed by atoms with Crippen LogP contribution in [0.25, 0.3) is 0 Å². The lowest BCUT2D eigenvalue weighted by Gasteiger charge is -2.51. The van der Waals surface area contributed by atoms with E-state index >= 15 is 0 Å². The Morgan fingerprint density at radius 1 is 1.46 bits per heavy atom. The maximum atomic E-state index is 5.83. The molecule has 0 radical (unpaired) electrons. The first kappa shape index (κ1) is 11.0. The second-order valence-corrected chi connectivity index (χ2v) is 4.61. The monoisotopic (exact) mass is 185 g/mol. The number of hydrogen-bond acceptors (Lipinski definition) is 2. The number of ether oxygens (including phenoxy) is 1. The van der Waals surface area contributed by atoms with E-state index < -0.39 is 0 Å².